The van der Waals surface area contributed by atoms with E-state index in [9.17, 15) is 4.79 Å². The molecule has 3 heteroatoms. The SMILES string of the molecule is Cc1cccc(NC(=O)CS[C@@H](C)c2ccccc2)c1C. The minimum atomic E-state index is 0.0523. The zero-order valence-corrected chi connectivity index (χ0v) is 13.5. The Kier molecular flexibility index (Phi) is 5.45. The molecule has 110 valence electrons. The molecule has 0 aromatic heterocycles. The Morgan fingerprint density at radius 2 is 1.81 bits per heavy atom. The van der Waals surface area contributed by atoms with E-state index in [4.69, 9.17) is 0 Å². The van der Waals surface area contributed by atoms with Crippen molar-refractivity contribution in [3.63, 3.8) is 0 Å². The van der Waals surface area contributed by atoms with Gasteiger partial charge in [0.15, 0.2) is 0 Å². The molecule has 0 saturated carbocycles. The Morgan fingerprint density at radius 1 is 1.10 bits per heavy atom. The number of thioether (sulfide) groups is 1. The molecule has 0 unspecified atom stereocenters. The summed E-state index contributed by atoms with van der Waals surface area (Å²) in [5.41, 5.74) is 4.49. The second kappa shape index (κ2) is 7.32. The molecule has 0 aliphatic rings. The third kappa shape index (κ3) is 4.36. The van der Waals surface area contributed by atoms with Crippen LogP contribution in [0.1, 0.15) is 28.9 Å². The van der Waals surface area contributed by atoms with Gasteiger partial charge in [0.2, 0.25) is 5.91 Å². The van der Waals surface area contributed by atoms with Crippen LogP contribution in [0.25, 0.3) is 0 Å². The van der Waals surface area contributed by atoms with Gasteiger partial charge >= 0.3 is 0 Å². The average molecular weight is 299 g/mol. The van der Waals surface area contributed by atoms with Gasteiger partial charge in [-0.2, -0.15) is 0 Å². The first kappa shape index (κ1) is 15.6. The summed E-state index contributed by atoms with van der Waals surface area (Å²) in [4.78, 5) is 12.1. The van der Waals surface area contributed by atoms with Crippen LogP contribution in [0.5, 0.6) is 0 Å². The van der Waals surface area contributed by atoms with Crippen molar-refractivity contribution in [2.75, 3.05) is 11.1 Å². The maximum absolute atomic E-state index is 12.1. The smallest absolute Gasteiger partial charge is 0.234 e. The van der Waals surface area contributed by atoms with Gasteiger partial charge < -0.3 is 5.32 Å². The van der Waals surface area contributed by atoms with Crippen LogP contribution in [-0.2, 0) is 4.79 Å². The van der Waals surface area contributed by atoms with Crippen LogP contribution >= 0.6 is 11.8 Å². The number of rotatable bonds is 5. The van der Waals surface area contributed by atoms with Crippen LogP contribution in [0, 0.1) is 13.8 Å². The van der Waals surface area contributed by atoms with Crippen LogP contribution in [0.4, 0.5) is 5.69 Å². The second-order valence-electron chi connectivity index (χ2n) is 5.16. The molecule has 0 aliphatic carbocycles. The first-order valence-corrected chi connectivity index (χ1v) is 8.15. The zero-order chi connectivity index (χ0) is 15.2. The van der Waals surface area contributed by atoms with Gasteiger partial charge in [-0.3, -0.25) is 4.79 Å². The molecule has 2 nitrogen and oxygen atoms in total. The van der Waals surface area contributed by atoms with Crippen LogP contribution in [0.2, 0.25) is 0 Å². The van der Waals surface area contributed by atoms with Crippen molar-refractivity contribution in [3.8, 4) is 0 Å². The van der Waals surface area contributed by atoms with Crippen molar-refractivity contribution in [1.29, 1.82) is 0 Å². The van der Waals surface area contributed by atoms with Crippen molar-refractivity contribution in [2.24, 2.45) is 0 Å². The molecule has 0 spiro atoms. The number of nitrogens with one attached hydrogen (secondary N) is 1. The van der Waals surface area contributed by atoms with E-state index < -0.39 is 0 Å². The third-order valence-corrected chi connectivity index (χ3v) is 4.81. The molecule has 1 amide bonds. The minimum Gasteiger partial charge on any atom is -0.325 e. The summed E-state index contributed by atoms with van der Waals surface area (Å²) < 4.78 is 0. The number of carbonyl (C=O) groups is 1. The maximum Gasteiger partial charge on any atom is 0.234 e. The topological polar surface area (TPSA) is 29.1 Å². The molecule has 0 fully saturated rings. The van der Waals surface area contributed by atoms with Crippen molar-refractivity contribution >= 4 is 23.4 Å². The molecule has 0 aliphatic heterocycles. The average Bonchev–Trinajstić information content (AvgIpc) is 2.50. The highest BCUT2D eigenvalue weighted by atomic mass is 32.2. The van der Waals surface area contributed by atoms with E-state index in [-0.39, 0.29) is 5.91 Å². The lowest BCUT2D eigenvalue weighted by molar-refractivity contribution is -0.113. The molecule has 21 heavy (non-hydrogen) atoms. The summed E-state index contributed by atoms with van der Waals surface area (Å²) in [5, 5.41) is 3.31. The molecule has 0 radical (unpaired) electrons. The quantitative estimate of drug-likeness (QED) is 0.864. The molecule has 0 heterocycles. The van der Waals surface area contributed by atoms with Crippen LogP contribution < -0.4 is 5.32 Å². The molecule has 2 aromatic rings. The molecular weight excluding hydrogens is 278 g/mol. The lowest BCUT2D eigenvalue weighted by Crippen LogP contribution is -2.15. The van der Waals surface area contributed by atoms with Gasteiger partial charge in [-0.25, -0.2) is 0 Å². The summed E-state index contributed by atoms with van der Waals surface area (Å²) in [6.45, 7) is 6.22. The summed E-state index contributed by atoms with van der Waals surface area (Å²) in [6, 6.07) is 16.2. The first-order chi connectivity index (χ1) is 10.1. The number of carbonyl (C=O) groups excluding carboxylic acids is 1. The Hall–Kier alpha value is -1.74. The van der Waals surface area contributed by atoms with Crippen LogP contribution in [0.15, 0.2) is 48.5 Å². The lowest BCUT2D eigenvalue weighted by atomic mass is 10.1. The van der Waals surface area contributed by atoms with E-state index in [0.717, 1.165) is 11.3 Å². The van der Waals surface area contributed by atoms with Crippen molar-refractivity contribution < 1.29 is 4.79 Å². The number of anilines is 1. The number of hydrogen-bond donors (Lipinski definition) is 1. The highest BCUT2D eigenvalue weighted by molar-refractivity contribution is 8.00. The Balaban J connectivity index is 1.89. The molecule has 2 rings (SSSR count). The second-order valence-corrected chi connectivity index (χ2v) is 6.49. The first-order valence-electron chi connectivity index (χ1n) is 7.10. The predicted molar refractivity (Wildman–Crippen MR) is 91.9 cm³/mol. The zero-order valence-electron chi connectivity index (χ0n) is 12.7. The number of hydrogen-bond acceptors (Lipinski definition) is 2. The van der Waals surface area contributed by atoms with Crippen molar-refractivity contribution in [3.05, 3.63) is 65.2 Å². The van der Waals surface area contributed by atoms with E-state index in [1.165, 1.54) is 11.1 Å². The monoisotopic (exact) mass is 299 g/mol. The van der Waals surface area contributed by atoms with E-state index in [1.54, 1.807) is 11.8 Å². The fourth-order valence-electron chi connectivity index (χ4n) is 2.09. The van der Waals surface area contributed by atoms with Crippen LogP contribution in [-0.4, -0.2) is 11.7 Å². The molecule has 1 N–H and O–H groups in total. The number of amides is 1. The minimum absolute atomic E-state index is 0.0523. The molecule has 1 atom stereocenters. The van der Waals surface area contributed by atoms with E-state index in [2.05, 4.69) is 37.4 Å². The highest BCUT2D eigenvalue weighted by Crippen LogP contribution is 2.28. The van der Waals surface area contributed by atoms with E-state index >= 15 is 0 Å². The van der Waals surface area contributed by atoms with Crippen molar-refractivity contribution in [1.82, 2.24) is 0 Å². The summed E-state index contributed by atoms with van der Waals surface area (Å²) >= 11 is 1.65. The van der Waals surface area contributed by atoms with Crippen molar-refractivity contribution in [2.45, 2.75) is 26.0 Å². The Morgan fingerprint density at radius 3 is 2.52 bits per heavy atom. The fraction of sp³-hybridized carbons (Fsp3) is 0.278. The highest BCUT2D eigenvalue weighted by Gasteiger charge is 2.10. The molecule has 0 bridgehead atoms. The van der Waals surface area contributed by atoms with E-state index in [1.807, 2.05) is 37.3 Å². The molecule has 0 saturated heterocycles. The van der Waals surface area contributed by atoms with E-state index in [0.29, 0.717) is 11.0 Å². The van der Waals surface area contributed by atoms with Gasteiger partial charge in [-0.1, -0.05) is 42.5 Å². The Bertz CT molecular complexity index is 610. The Labute approximate surface area is 131 Å². The van der Waals surface area contributed by atoms with Crippen LogP contribution in [0.3, 0.4) is 0 Å². The van der Waals surface area contributed by atoms with Gasteiger partial charge in [0.05, 0.1) is 5.75 Å². The summed E-state index contributed by atoms with van der Waals surface area (Å²) in [5.74, 6) is 0.514. The van der Waals surface area contributed by atoms with Gasteiger partial charge in [-0.05, 0) is 43.5 Å². The molecular formula is C18H21NOS. The normalized spacial score (nSPS) is 12.0. The fourth-order valence-corrected chi connectivity index (χ4v) is 2.92. The lowest BCUT2D eigenvalue weighted by Gasteiger charge is -2.13. The largest absolute Gasteiger partial charge is 0.325 e. The number of benzene rings is 2. The molecule has 2 aromatic carbocycles. The predicted octanol–water partition coefficient (Wildman–Crippen LogP) is 4.74. The van der Waals surface area contributed by atoms with Gasteiger partial charge in [-0.15, -0.1) is 11.8 Å². The standard InChI is InChI=1S/C18H21NOS/c1-13-8-7-11-17(14(13)2)19-18(20)12-21-15(3)16-9-5-4-6-10-16/h4-11,15H,12H2,1-3H3,(H,19,20)/t15-/m0/s1. The van der Waals surface area contributed by atoms with Gasteiger partial charge in [0.25, 0.3) is 0 Å². The number of aryl methyl sites for hydroxylation is 1. The third-order valence-electron chi connectivity index (χ3n) is 3.61. The van der Waals surface area contributed by atoms with Gasteiger partial charge in [0, 0.05) is 10.9 Å². The maximum atomic E-state index is 12.1. The van der Waals surface area contributed by atoms with Gasteiger partial charge in [0.1, 0.15) is 0 Å². The summed E-state index contributed by atoms with van der Waals surface area (Å²) in [7, 11) is 0. The summed E-state index contributed by atoms with van der Waals surface area (Å²) in [6.07, 6.45) is 0.